The van der Waals surface area contributed by atoms with Gasteiger partial charge in [0.1, 0.15) is 22.1 Å². The van der Waals surface area contributed by atoms with Crippen LogP contribution in [0.1, 0.15) is 10.4 Å². The van der Waals surface area contributed by atoms with Gasteiger partial charge in [0.25, 0.3) is 0 Å². The molecule has 0 radical (unpaired) electrons. The van der Waals surface area contributed by atoms with Crippen LogP contribution in [0.4, 0.5) is 0 Å². The molecule has 0 amide bonds. The van der Waals surface area contributed by atoms with Crippen molar-refractivity contribution in [3.8, 4) is 29.9 Å². The summed E-state index contributed by atoms with van der Waals surface area (Å²) in [5, 5.41) is 21.6. The Labute approximate surface area is 444 Å². The van der Waals surface area contributed by atoms with E-state index in [0.29, 0.717) is 0 Å². The summed E-state index contributed by atoms with van der Waals surface area (Å²) in [5.41, 5.74) is 6.09. The van der Waals surface area contributed by atoms with Gasteiger partial charge in [-0.3, -0.25) is 0 Å². The minimum absolute atomic E-state index is 0.903. The van der Waals surface area contributed by atoms with Gasteiger partial charge in [0.2, 0.25) is 0 Å². The van der Waals surface area contributed by atoms with Gasteiger partial charge in [-0.1, -0.05) is 18.0 Å². The molecule has 4 aromatic carbocycles. The number of hydrogen-bond acceptors (Lipinski definition) is 16. The maximum absolute atomic E-state index is 4.46. The van der Waals surface area contributed by atoms with Crippen LogP contribution in [-0.4, -0.2) is 75.1 Å². The summed E-state index contributed by atoms with van der Waals surface area (Å²) < 4.78 is 26.3. The third kappa shape index (κ3) is 10.0. The zero-order valence-corrected chi connectivity index (χ0v) is 54.4. The number of aryl methyl sites for hydroxylation is 2. The van der Waals surface area contributed by atoms with Gasteiger partial charge in [0, 0.05) is 55.6 Å². The summed E-state index contributed by atoms with van der Waals surface area (Å²) in [7, 11) is 4.67. The molecule has 0 aliphatic rings. The molecular weight excluding hydrogens is 1360 g/mol. The second-order valence-electron chi connectivity index (χ2n) is 17.2. The fourth-order valence-electron chi connectivity index (χ4n) is 7.30. The van der Waals surface area contributed by atoms with E-state index in [-0.39, 0.29) is 0 Å². The van der Waals surface area contributed by atoms with E-state index in [9.17, 15) is 0 Å². The molecular formula is C44H40Br2N8P2S8Sn2. The molecule has 66 heavy (non-hydrogen) atoms. The first kappa shape index (κ1) is 49.9. The van der Waals surface area contributed by atoms with Crippen LogP contribution in [0.5, 0.6) is 0 Å². The Morgan fingerprint density at radius 1 is 0.424 bits per heavy atom. The molecule has 22 heteroatoms. The van der Waals surface area contributed by atoms with Crippen LogP contribution >= 0.6 is 141 Å². The van der Waals surface area contributed by atoms with E-state index in [1.165, 1.54) is 86.5 Å². The van der Waals surface area contributed by atoms with Crippen molar-refractivity contribution in [1.82, 2.24) is 38.3 Å². The Morgan fingerprint density at radius 2 is 0.803 bits per heavy atom. The number of rotatable bonds is 5. The molecule has 0 aliphatic heterocycles. The summed E-state index contributed by atoms with van der Waals surface area (Å²) in [5.74, 6) is 0. The molecule has 336 valence electrons. The number of nitrogens with zero attached hydrogens (tertiary/aromatic N) is 8. The third-order valence-corrected chi connectivity index (χ3v) is 39.1. The molecule has 0 spiro atoms. The third-order valence-electron chi connectivity index (χ3n) is 10.6. The molecule has 2 unspecified atom stereocenters. The van der Waals surface area contributed by atoms with E-state index >= 15 is 0 Å². The van der Waals surface area contributed by atoms with E-state index in [1.54, 1.807) is 5.79 Å². The van der Waals surface area contributed by atoms with Crippen molar-refractivity contribution in [2.24, 2.45) is 0 Å². The van der Waals surface area contributed by atoms with Crippen LogP contribution in [0.2, 0.25) is 29.6 Å². The van der Waals surface area contributed by atoms with Crippen molar-refractivity contribution in [2.75, 3.05) is 0 Å². The Morgan fingerprint density at radius 3 is 1.29 bits per heavy atom. The molecule has 2 atom stereocenters. The van der Waals surface area contributed by atoms with Crippen LogP contribution in [0, 0.1) is 13.8 Å². The van der Waals surface area contributed by atoms with Gasteiger partial charge in [0.15, 0.2) is 0 Å². The van der Waals surface area contributed by atoms with Crippen molar-refractivity contribution in [2.45, 2.75) is 43.5 Å². The number of thiophene rings is 4. The van der Waals surface area contributed by atoms with E-state index in [1.807, 2.05) is 45.3 Å². The van der Waals surface area contributed by atoms with Crippen LogP contribution < -0.4 is 5.79 Å². The Hall–Kier alpha value is -1.10. The molecule has 0 saturated carbocycles. The van der Waals surface area contributed by atoms with Crippen molar-refractivity contribution in [3.63, 3.8) is 0 Å². The van der Waals surface area contributed by atoms with Crippen LogP contribution in [0.25, 0.3) is 92.4 Å². The van der Waals surface area contributed by atoms with E-state index < -0.39 is 36.8 Å². The van der Waals surface area contributed by atoms with Gasteiger partial charge in [-0.25, -0.2) is 0 Å². The summed E-state index contributed by atoms with van der Waals surface area (Å²) in [6, 6.07) is 26.8. The fourth-order valence-corrected chi connectivity index (χ4v) is 25.8. The van der Waals surface area contributed by atoms with Crippen molar-refractivity contribution in [1.29, 1.82) is 0 Å². The molecule has 0 saturated heterocycles. The summed E-state index contributed by atoms with van der Waals surface area (Å²) in [6.07, 6.45) is 0. The zero-order valence-electron chi connectivity index (χ0n) is 36.7. The first-order valence-corrected chi connectivity index (χ1v) is 50.9. The van der Waals surface area contributed by atoms with Crippen molar-refractivity contribution in [3.05, 3.63) is 92.2 Å². The Bertz CT molecular complexity index is 3580. The van der Waals surface area contributed by atoms with E-state index in [2.05, 4.69) is 204 Å². The molecule has 8 nitrogen and oxygen atoms in total. The first-order valence-electron chi connectivity index (χ1n) is 20.3. The minimum atomic E-state index is -1.86. The molecule has 8 heterocycles. The SMILES string of the molecule is Brc1cc2c(cc(Br)c3snnc32)c2nnsc12.Cc1ccc(-c2ccc(-c3cc4c(cc(C)c5snnc54)c4nnsc34)s2)s1.PP.[CH3][Sn]([CH3])([CH3])[c]1ccc(-c2cc[c]([Sn]([CH3])([CH3])[CH3])s2)s1. The predicted molar refractivity (Wildman–Crippen MR) is 316 cm³/mol. The maximum atomic E-state index is 4.46. The first-order chi connectivity index (χ1) is 31.6. The standard InChI is InChI=1S/C20H12N4S4.C10H2Br2N4S2.C8H4S2.6CH3.H4P2.2Sn/c1-9-7-11-12(17-19(9)27-23-21-17)8-13(20-18(11)22-24-28-20)14-5-6-16(26-14)15-4-3-10(2)25-15;11-5-1-3-4(8-9(5)17-16-14-8)2-6(12)10-7(3)13-15-18-10;1-3-7(9-5-1)8-4-2-6-10-8;;;;;;;1-2;;/h3-8H,1-2H3;1-2H;1-4H;6*1H3;1-2H2;;. The topological polar surface area (TPSA) is 103 Å². The van der Waals surface area contributed by atoms with Crippen LogP contribution in [-0.2, 0) is 0 Å². The van der Waals surface area contributed by atoms with Gasteiger partial charge in [-0.15, -0.1) is 60.9 Å². The molecule has 0 aliphatic carbocycles. The number of fused-ring (bicyclic) bond motifs is 10. The quantitative estimate of drug-likeness (QED) is 0.124. The number of aromatic nitrogens is 8. The van der Waals surface area contributed by atoms with Gasteiger partial charge >= 0.3 is 129 Å². The summed E-state index contributed by atoms with van der Waals surface area (Å²) in [4.78, 5) is 23.1. The van der Waals surface area contributed by atoms with E-state index in [0.717, 1.165) is 71.4 Å². The number of hydrogen-bond donors (Lipinski definition) is 0. The predicted octanol–water partition coefficient (Wildman–Crippen LogP) is 16.5. The van der Waals surface area contributed by atoms with Gasteiger partial charge in [0.05, 0.1) is 18.8 Å². The normalized spacial score (nSPS) is 11.9. The second kappa shape index (κ2) is 20.6. The molecule has 12 rings (SSSR count). The second-order valence-corrected chi connectivity index (χ2v) is 57.3. The molecule has 0 bridgehead atoms. The Balaban J connectivity index is 0.000000127. The van der Waals surface area contributed by atoms with Gasteiger partial charge < -0.3 is 0 Å². The summed E-state index contributed by atoms with van der Waals surface area (Å²) in [6.45, 7) is 4.25. The number of benzene rings is 4. The average molecular weight is 1400 g/mol. The van der Waals surface area contributed by atoms with E-state index in [4.69, 9.17) is 0 Å². The van der Waals surface area contributed by atoms with Gasteiger partial charge in [-0.2, -0.15) is 0 Å². The molecule has 0 fully saturated rings. The molecule has 8 aromatic heterocycles. The average Bonchev–Trinajstić information content (AvgIpc) is 4.14. The number of halogens is 2. The summed E-state index contributed by atoms with van der Waals surface area (Å²) >= 11 is 16.8. The fraction of sp³-hybridized carbons (Fsp3) is 0.182. The van der Waals surface area contributed by atoms with Crippen LogP contribution in [0.15, 0.2) is 81.7 Å². The Kier molecular flexibility index (Phi) is 15.5. The molecule has 12 aromatic rings. The van der Waals surface area contributed by atoms with Gasteiger partial charge in [-0.05, 0) is 146 Å². The zero-order chi connectivity index (χ0) is 46.7. The van der Waals surface area contributed by atoms with Crippen LogP contribution in [0.3, 0.4) is 0 Å². The monoisotopic (exact) mass is 1400 g/mol. The van der Waals surface area contributed by atoms with Crippen molar-refractivity contribution < 1.29 is 0 Å². The molecule has 0 N–H and O–H groups in total. The van der Waals surface area contributed by atoms with Crippen molar-refractivity contribution >= 4 is 246 Å².